The van der Waals surface area contributed by atoms with Gasteiger partial charge in [0.05, 0.1) is 6.20 Å². The molecule has 0 bridgehead atoms. The second-order valence-electron chi connectivity index (χ2n) is 4.50. The summed E-state index contributed by atoms with van der Waals surface area (Å²) in [6.07, 6.45) is 2.53. The molecular weight excluding hydrogens is 206 g/mol. The molecule has 0 aliphatic carbocycles. The zero-order valence-corrected chi connectivity index (χ0v) is 9.64. The lowest BCUT2D eigenvalue weighted by molar-refractivity contribution is 0.0743. The zero-order valence-electron chi connectivity index (χ0n) is 9.64. The van der Waals surface area contributed by atoms with Gasteiger partial charge in [0, 0.05) is 24.7 Å². The van der Waals surface area contributed by atoms with Gasteiger partial charge in [0.2, 0.25) is 5.76 Å². The van der Waals surface area contributed by atoms with Crippen molar-refractivity contribution in [1.82, 2.24) is 10.1 Å². The average molecular weight is 223 g/mol. The topological polar surface area (TPSA) is 72.4 Å². The molecule has 0 aromatic carbocycles. The Balaban J connectivity index is 2.05. The molecule has 1 aromatic heterocycles. The van der Waals surface area contributed by atoms with Crippen molar-refractivity contribution in [1.29, 1.82) is 0 Å². The Morgan fingerprint density at radius 2 is 2.50 bits per heavy atom. The number of carbonyl (C=O) groups is 1. The number of nitrogens with zero attached hydrogens (tertiary/aromatic N) is 2. The molecular formula is C11H17N3O2. The van der Waals surface area contributed by atoms with E-state index in [-0.39, 0.29) is 11.9 Å². The summed E-state index contributed by atoms with van der Waals surface area (Å²) in [4.78, 5) is 13.8. The van der Waals surface area contributed by atoms with Crippen LogP contribution in [0, 0.1) is 12.8 Å². The summed E-state index contributed by atoms with van der Waals surface area (Å²) in [6, 6.07) is 0.133. The number of rotatable bonds is 2. The van der Waals surface area contributed by atoms with Crippen molar-refractivity contribution in [2.24, 2.45) is 11.7 Å². The van der Waals surface area contributed by atoms with E-state index in [9.17, 15) is 4.79 Å². The minimum Gasteiger partial charge on any atom is -0.351 e. The van der Waals surface area contributed by atoms with E-state index < -0.39 is 0 Å². The molecule has 0 spiro atoms. The predicted octanol–water partition coefficient (Wildman–Crippen LogP) is 0.792. The van der Waals surface area contributed by atoms with Crippen molar-refractivity contribution >= 4 is 5.91 Å². The molecule has 1 saturated heterocycles. The van der Waals surface area contributed by atoms with E-state index in [0.29, 0.717) is 11.7 Å². The minimum absolute atomic E-state index is 0.0712. The quantitative estimate of drug-likeness (QED) is 0.804. The lowest BCUT2D eigenvalue weighted by Crippen LogP contribution is -2.33. The fourth-order valence-corrected chi connectivity index (χ4v) is 2.04. The van der Waals surface area contributed by atoms with Crippen molar-refractivity contribution in [3.8, 4) is 0 Å². The van der Waals surface area contributed by atoms with Gasteiger partial charge in [-0.2, -0.15) is 0 Å². The average Bonchev–Trinajstić information content (AvgIpc) is 2.84. The van der Waals surface area contributed by atoms with Gasteiger partial charge in [-0.15, -0.1) is 0 Å². The molecule has 88 valence electrons. The summed E-state index contributed by atoms with van der Waals surface area (Å²) >= 11 is 0. The number of hydrogen-bond donors (Lipinski definition) is 1. The maximum atomic E-state index is 12.0. The summed E-state index contributed by atoms with van der Waals surface area (Å²) < 4.78 is 4.96. The van der Waals surface area contributed by atoms with Crippen molar-refractivity contribution in [3.05, 3.63) is 17.5 Å². The van der Waals surface area contributed by atoms with Gasteiger partial charge in [-0.25, -0.2) is 0 Å². The fraction of sp³-hybridized carbons (Fsp3) is 0.636. The number of amides is 1. The molecule has 2 rings (SSSR count). The Hall–Kier alpha value is -1.36. The summed E-state index contributed by atoms with van der Waals surface area (Å²) in [6.45, 7) is 5.28. The van der Waals surface area contributed by atoms with E-state index in [1.165, 1.54) is 0 Å². The third-order valence-corrected chi connectivity index (χ3v) is 3.20. The molecule has 1 aliphatic rings. The monoisotopic (exact) mass is 223 g/mol. The Morgan fingerprint density at radius 3 is 3.00 bits per heavy atom. The molecule has 1 aromatic rings. The molecule has 1 aliphatic heterocycles. The maximum absolute atomic E-state index is 12.0. The van der Waals surface area contributed by atoms with Crippen LogP contribution in [-0.4, -0.2) is 35.1 Å². The number of carbonyl (C=O) groups excluding carboxylic acids is 1. The molecule has 0 saturated carbocycles. The highest BCUT2D eigenvalue weighted by Crippen LogP contribution is 2.21. The van der Waals surface area contributed by atoms with Crippen LogP contribution in [0.15, 0.2) is 10.7 Å². The zero-order chi connectivity index (χ0) is 11.7. The third kappa shape index (κ3) is 1.95. The van der Waals surface area contributed by atoms with Gasteiger partial charge in [0.25, 0.3) is 5.91 Å². The Kier molecular flexibility index (Phi) is 2.96. The molecule has 2 heterocycles. The first-order chi connectivity index (χ1) is 7.59. The number of aryl methyl sites for hydroxylation is 1. The van der Waals surface area contributed by atoms with E-state index in [1.54, 1.807) is 11.1 Å². The van der Waals surface area contributed by atoms with Crippen LogP contribution in [0.2, 0.25) is 0 Å². The molecule has 5 nitrogen and oxygen atoms in total. The van der Waals surface area contributed by atoms with Crippen LogP contribution in [-0.2, 0) is 0 Å². The summed E-state index contributed by atoms with van der Waals surface area (Å²) in [7, 11) is 0. The van der Waals surface area contributed by atoms with Crippen LogP contribution in [0.4, 0.5) is 0 Å². The van der Waals surface area contributed by atoms with E-state index in [4.69, 9.17) is 10.3 Å². The molecule has 1 fully saturated rings. The Bertz CT molecular complexity index is 386. The van der Waals surface area contributed by atoms with Crippen molar-refractivity contribution < 1.29 is 9.32 Å². The number of nitrogens with two attached hydrogens (primary N) is 1. The van der Waals surface area contributed by atoms with Crippen LogP contribution in [0.1, 0.15) is 29.5 Å². The molecule has 5 heteroatoms. The second-order valence-corrected chi connectivity index (χ2v) is 4.50. The fourth-order valence-electron chi connectivity index (χ4n) is 2.04. The number of likely N-dealkylation sites (tertiary alicyclic amines) is 1. The number of hydrogen-bond acceptors (Lipinski definition) is 4. The normalized spacial score (nSPS) is 22.4. The molecule has 1 amide bonds. The van der Waals surface area contributed by atoms with E-state index in [1.807, 2.05) is 13.8 Å². The van der Waals surface area contributed by atoms with Gasteiger partial charge >= 0.3 is 0 Å². The standard InChI is InChI=1S/C11H17N3O2/c1-7-5-13-16-10(7)11(15)14-4-3-9(6-14)8(2)12/h5,8-9H,3-4,6,12H2,1-2H3. The molecule has 0 radical (unpaired) electrons. The molecule has 2 unspecified atom stereocenters. The summed E-state index contributed by atoms with van der Waals surface area (Å²) in [5.41, 5.74) is 6.62. The van der Waals surface area contributed by atoms with Gasteiger partial charge in [-0.05, 0) is 26.2 Å². The van der Waals surface area contributed by atoms with Gasteiger partial charge in [0.15, 0.2) is 0 Å². The lowest BCUT2D eigenvalue weighted by Gasteiger charge is -2.16. The van der Waals surface area contributed by atoms with Crippen molar-refractivity contribution in [2.45, 2.75) is 26.3 Å². The van der Waals surface area contributed by atoms with E-state index in [2.05, 4.69) is 5.16 Å². The highest BCUT2D eigenvalue weighted by Gasteiger charge is 2.31. The SMILES string of the molecule is Cc1cnoc1C(=O)N1CCC(C(C)N)C1. The molecule has 2 atom stereocenters. The van der Waals surface area contributed by atoms with Gasteiger partial charge in [-0.3, -0.25) is 4.79 Å². The summed E-state index contributed by atoms with van der Waals surface area (Å²) in [5.74, 6) is 0.677. The molecule has 2 N–H and O–H groups in total. The highest BCUT2D eigenvalue weighted by atomic mass is 16.5. The summed E-state index contributed by atoms with van der Waals surface area (Å²) in [5, 5.41) is 3.62. The van der Waals surface area contributed by atoms with Crippen LogP contribution in [0.5, 0.6) is 0 Å². The minimum atomic E-state index is -0.0712. The lowest BCUT2D eigenvalue weighted by atomic mass is 10.0. The Morgan fingerprint density at radius 1 is 1.75 bits per heavy atom. The van der Waals surface area contributed by atoms with Crippen molar-refractivity contribution in [3.63, 3.8) is 0 Å². The van der Waals surface area contributed by atoms with Crippen LogP contribution in [0.3, 0.4) is 0 Å². The van der Waals surface area contributed by atoms with Gasteiger partial charge in [0.1, 0.15) is 0 Å². The van der Waals surface area contributed by atoms with Crippen molar-refractivity contribution in [2.75, 3.05) is 13.1 Å². The Labute approximate surface area is 94.6 Å². The predicted molar refractivity (Wildman–Crippen MR) is 58.9 cm³/mol. The smallest absolute Gasteiger partial charge is 0.292 e. The van der Waals surface area contributed by atoms with E-state index in [0.717, 1.165) is 25.1 Å². The first-order valence-corrected chi connectivity index (χ1v) is 5.55. The van der Waals surface area contributed by atoms with Crippen LogP contribution in [0.25, 0.3) is 0 Å². The second kappa shape index (κ2) is 4.25. The third-order valence-electron chi connectivity index (χ3n) is 3.20. The maximum Gasteiger partial charge on any atom is 0.292 e. The van der Waals surface area contributed by atoms with Crippen LogP contribution >= 0.6 is 0 Å². The van der Waals surface area contributed by atoms with Gasteiger partial charge < -0.3 is 15.2 Å². The first-order valence-electron chi connectivity index (χ1n) is 5.55. The first kappa shape index (κ1) is 11.1. The largest absolute Gasteiger partial charge is 0.351 e. The van der Waals surface area contributed by atoms with Gasteiger partial charge in [-0.1, -0.05) is 5.16 Å². The molecule has 16 heavy (non-hydrogen) atoms. The van der Waals surface area contributed by atoms with Crippen LogP contribution < -0.4 is 5.73 Å². The highest BCUT2D eigenvalue weighted by molar-refractivity contribution is 5.92. The number of aromatic nitrogens is 1. The van der Waals surface area contributed by atoms with E-state index >= 15 is 0 Å².